The lowest BCUT2D eigenvalue weighted by atomic mass is 10.0. The van der Waals surface area contributed by atoms with E-state index >= 15 is 0 Å². The van der Waals surface area contributed by atoms with Crippen molar-refractivity contribution in [3.8, 4) is 0 Å². The van der Waals surface area contributed by atoms with E-state index < -0.39 is 11.6 Å². The number of fused-ring (bicyclic) bond motifs is 1. The number of pyridine rings is 1. The van der Waals surface area contributed by atoms with Crippen LogP contribution in [0.1, 0.15) is 23.3 Å². The number of rotatable bonds is 3. The van der Waals surface area contributed by atoms with Crippen LogP contribution in [0.3, 0.4) is 0 Å². The standard InChI is InChI=1S/C19H17F2N5O/c20-12-9-14-16(1-4-24-18(14)15(21)10-12)25-13-2-7-26(8-3-13)19(27)17-11-22-5-6-23-17/h1,4-6,9-11,13H,2-3,7-8H2,(H,24,25). The molecule has 1 saturated heterocycles. The van der Waals surface area contributed by atoms with Gasteiger partial charge >= 0.3 is 0 Å². The van der Waals surface area contributed by atoms with Crippen molar-refractivity contribution in [3.63, 3.8) is 0 Å². The summed E-state index contributed by atoms with van der Waals surface area (Å²) >= 11 is 0. The first-order valence-electron chi connectivity index (χ1n) is 8.67. The maximum absolute atomic E-state index is 13.9. The second-order valence-electron chi connectivity index (χ2n) is 6.44. The van der Waals surface area contributed by atoms with Crippen molar-refractivity contribution in [1.29, 1.82) is 0 Å². The fourth-order valence-corrected chi connectivity index (χ4v) is 3.32. The number of halogens is 2. The van der Waals surface area contributed by atoms with Crippen molar-refractivity contribution in [2.75, 3.05) is 18.4 Å². The highest BCUT2D eigenvalue weighted by Gasteiger charge is 2.25. The number of piperidine rings is 1. The molecule has 0 unspecified atom stereocenters. The molecule has 2 aromatic heterocycles. The SMILES string of the molecule is O=C(c1cnccn1)N1CCC(Nc2ccnc3c(F)cc(F)cc23)CC1. The van der Waals surface area contributed by atoms with E-state index in [9.17, 15) is 13.6 Å². The van der Waals surface area contributed by atoms with Crippen molar-refractivity contribution in [2.45, 2.75) is 18.9 Å². The molecule has 8 heteroatoms. The zero-order valence-electron chi connectivity index (χ0n) is 14.4. The van der Waals surface area contributed by atoms with Crippen LogP contribution in [0.2, 0.25) is 0 Å². The molecule has 0 radical (unpaired) electrons. The Morgan fingerprint density at radius 1 is 1.11 bits per heavy atom. The van der Waals surface area contributed by atoms with E-state index in [1.54, 1.807) is 11.0 Å². The van der Waals surface area contributed by atoms with Gasteiger partial charge in [-0.1, -0.05) is 0 Å². The number of carbonyl (C=O) groups is 1. The number of hydrogen-bond acceptors (Lipinski definition) is 5. The van der Waals surface area contributed by atoms with Crippen LogP contribution in [0.15, 0.2) is 43.0 Å². The van der Waals surface area contributed by atoms with Gasteiger partial charge in [-0.15, -0.1) is 0 Å². The molecular formula is C19H17F2N5O. The van der Waals surface area contributed by atoms with Gasteiger partial charge in [0.25, 0.3) is 5.91 Å². The van der Waals surface area contributed by atoms with E-state index in [1.807, 2.05) is 0 Å². The number of amides is 1. The van der Waals surface area contributed by atoms with Crippen molar-refractivity contribution >= 4 is 22.5 Å². The quantitative estimate of drug-likeness (QED) is 0.768. The third-order valence-corrected chi connectivity index (χ3v) is 4.69. The summed E-state index contributed by atoms with van der Waals surface area (Å²) in [6.07, 6.45) is 7.41. The van der Waals surface area contributed by atoms with Gasteiger partial charge in [0.05, 0.1) is 6.20 Å². The highest BCUT2D eigenvalue weighted by Crippen LogP contribution is 2.27. The maximum atomic E-state index is 13.9. The predicted octanol–water partition coefficient (Wildman–Crippen LogP) is 3.02. The topological polar surface area (TPSA) is 71.0 Å². The van der Waals surface area contributed by atoms with Gasteiger partial charge in [0.1, 0.15) is 17.0 Å². The van der Waals surface area contributed by atoms with Gasteiger partial charge in [-0.2, -0.15) is 0 Å². The van der Waals surface area contributed by atoms with Gasteiger partial charge in [-0.25, -0.2) is 13.8 Å². The largest absolute Gasteiger partial charge is 0.382 e. The van der Waals surface area contributed by atoms with E-state index in [2.05, 4.69) is 20.3 Å². The fourth-order valence-electron chi connectivity index (χ4n) is 3.32. The molecule has 1 aliphatic heterocycles. The van der Waals surface area contributed by atoms with Gasteiger partial charge in [0.2, 0.25) is 0 Å². The summed E-state index contributed by atoms with van der Waals surface area (Å²) in [6, 6.07) is 3.90. The molecule has 3 aromatic rings. The van der Waals surface area contributed by atoms with Crippen LogP contribution in [0.25, 0.3) is 10.9 Å². The second-order valence-corrected chi connectivity index (χ2v) is 6.44. The number of nitrogens with zero attached hydrogens (tertiary/aromatic N) is 4. The molecule has 1 fully saturated rings. The minimum absolute atomic E-state index is 0.0906. The Kier molecular flexibility index (Phi) is 4.62. The van der Waals surface area contributed by atoms with Crippen LogP contribution in [0, 0.1) is 11.6 Å². The molecule has 3 heterocycles. The first-order chi connectivity index (χ1) is 13.1. The maximum Gasteiger partial charge on any atom is 0.274 e. The number of nitrogens with one attached hydrogen (secondary N) is 1. The van der Waals surface area contributed by atoms with E-state index in [0.717, 1.165) is 6.07 Å². The van der Waals surface area contributed by atoms with Crippen LogP contribution in [-0.4, -0.2) is 44.9 Å². The molecule has 4 rings (SSSR count). The predicted molar refractivity (Wildman–Crippen MR) is 96.2 cm³/mol. The number of anilines is 1. The van der Waals surface area contributed by atoms with E-state index in [-0.39, 0.29) is 17.5 Å². The number of benzene rings is 1. The van der Waals surface area contributed by atoms with Gasteiger partial charge in [-0.05, 0) is 25.0 Å². The Labute approximate surface area is 154 Å². The number of likely N-dealkylation sites (tertiary alicyclic amines) is 1. The van der Waals surface area contributed by atoms with Crippen molar-refractivity contribution in [3.05, 3.63) is 60.3 Å². The van der Waals surface area contributed by atoms with Crippen molar-refractivity contribution in [2.24, 2.45) is 0 Å². The van der Waals surface area contributed by atoms with E-state index in [1.165, 1.54) is 30.9 Å². The Morgan fingerprint density at radius 2 is 1.93 bits per heavy atom. The first-order valence-corrected chi connectivity index (χ1v) is 8.67. The molecule has 138 valence electrons. The third kappa shape index (κ3) is 3.55. The molecule has 6 nitrogen and oxygen atoms in total. The molecule has 0 spiro atoms. The molecule has 0 saturated carbocycles. The summed E-state index contributed by atoms with van der Waals surface area (Å²) in [7, 11) is 0. The minimum atomic E-state index is -0.682. The molecule has 0 aliphatic carbocycles. The summed E-state index contributed by atoms with van der Waals surface area (Å²) in [5, 5.41) is 3.75. The molecule has 1 amide bonds. The lowest BCUT2D eigenvalue weighted by Gasteiger charge is -2.32. The van der Waals surface area contributed by atoms with Crippen molar-refractivity contribution in [1.82, 2.24) is 19.9 Å². The molecule has 0 atom stereocenters. The summed E-state index contributed by atoms with van der Waals surface area (Å²) in [5.74, 6) is -1.46. The third-order valence-electron chi connectivity index (χ3n) is 4.69. The Hall–Kier alpha value is -3.16. The molecule has 1 N–H and O–H groups in total. The average Bonchev–Trinajstić information content (AvgIpc) is 2.69. The first kappa shape index (κ1) is 17.3. The molecule has 27 heavy (non-hydrogen) atoms. The fraction of sp³-hybridized carbons (Fsp3) is 0.263. The van der Waals surface area contributed by atoms with Gasteiger partial charge < -0.3 is 10.2 Å². The van der Waals surface area contributed by atoms with Crippen LogP contribution in [0.4, 0.5) is 14.5 Å². The zero-order chi connectivity index (χ0) is 18.8. The van der Waals surface area contributed by atoms with Crippen LogP contribution < -0.4 is 5.32 Å². The van der Waals surface area contributed by atoms with Gasteiger partial charge in [0, 0.05) is 54.9 Å². The number of hydrogen-bond donors (Lipinski definition) is 1. The summed E-state index contributed by atoms with van der Waals surface area (Å²) in [6.45, 7) is 1.14. The van der Waals surface area contributed by atoms with Gasteiger partial charge in [0.15, 0.2) is 5.82 Å². The lowest BCUT2D eigenvalue weighted by molar-refractivity contribution is 0.0712. The lowest BCUT2D eigenvalue weighted by Crippen LogP contribution is -2.42. The Bertz CT molecular complexity index is 975. The number of carbonyl (C=O) groups excluding carboxylic acids is 1. The minimum Gasteiger partial charge on any atom is -0.382 e. The smallest absolute Gasteiger partial charge is 0.274 e. The van der Waals surface area contributed by atoms with E-state index in [0.29, 0.717) is 42.7 Å². The van der Waals surface area contributed by atoms with Crippen LogP contribution in [0.5, 0.6) is 0 Å². The highest BCUT2D eigenvalue weighted by molar-refractivity contribution is 5.92. The Morgan fingerprint density at radius 3 is 2.67 bits per heavy atom. The summed E-state index contributed by atoms with van der Waals surface area (Å²) < 4.78 is 27.5. The molecule has 0 bridgehead atoms. The van der Waals surface area contributed by atoms with Gasteiger partial charge in [-0.3, -0.25) is 14.8 Å². The summed E-state index contributed by atoms with van der Waals surface area (Å²) in [5.41, 5.74) is 1.10. The second kappa shape index (κ2) is 7.22. The Balaban J connectivity index is 1.46. The molecular weight excluding hydrogens is 352 g/mol. The normalized spacial score (nSPS) is 15.1. The van der Waals surface area contributed by atoms with Crippen LogP contribution in [-0.2, 0) is 0 Å². The molecule has 1 aliphatic rings. The highest BCUT2D eigenvalue weighted by atomic mass is 19.1. The molecule has 1 aromatic carbocycles. The van der Waals surface area contributed by atoms with Crippen LogP contribution >= 0.6 is 0 Å². The zero-order valence-corrected chi connectivity index (χ0v) is 14.4. The number of aromatic nitrogens is 3. The summed E-state index contributed by atoms with van der Waals surface area (Å²) in [4.78, 5) is 26.1. The van der Waals surface area contributed by atoms with E-state index in [4.69, 9.17) is 0 Å². The van der Waals surface area contributed by atoms with Crippen molar-refractivity contribution < 1.29 is 13.6 Å². The monoisotopic (exact) mass is 369 g/mol. The average molecular weight is 369 g/mol.